The molecule has 0 fully saturated rings. The van der Waals surface area contributed by atoms with E-state index in [0.29, 0.717) is 32.8 Å². The van der Waals surface area contributed by atoms with Crippen LogP contribution in [0.3, 0.4) is 0 Å². The van der Waals surface area contributed by atoms with Crippen molar-refractivity contribution in [3.63, 3.8) is 0 Å². The number of rotatable bonds is 13. The first-order valence-electron chi connectivity index (χ1n) is 7.08. The molecule has 0 spiro atoms. The Morgan fingerprint density at radius 1 is 1.00 bits per heavy atom. The van der Waals surface area contributed by atoms with Crippen molar-refractivity contribution >= 4 is 11.7 Å². The molecule has 1 amide bonds. The lowest BCUT2D eigenvalue weighted by Crippen LogP contribution is -2.30. The van der Waals surface area contributed by atoms with E-state index in [0.717, 1.165) is 25.7 Å². The number of ether oxygens (including phenoxy) is 2. The summed E-state index contributed by atoms with van der Waals surface area (Å²) < 4.78 is 10.5. The summed E-state index contributed by atoms with van der Waals surface area (Å²) in [7, 11) is 0. The van der Waals surface area contributed by atoms with Crippen molar-refractivity contribution in [1.82, 2.24) is 5.32 Å². The van der Waals surface area contributed by atoms with Gasteiger partial charge in [0.15, 0.2) is 0 Å². The molecule has 0 atom stereocenters. The highest BCUT2D eigenvalue weighted by atomic mass is 16.5. The third-order valence-corrected chi connectivity index (χ3v) is 2.51. The van der Waals surface area contributed by atoms with Crippen LogP contribution in [-0.4, -0.2) is 44.7 Å². The van der Waals surface area contributed by atoms with Crippen LogP contribution in [0.4, 0.5) is 0 Å². The maximum atomic E-state index is 11.3. The van der Waals surface area contributed by atoms with Crippen LogP contribution in [0.1, 0.15) is 46.0 Å². The highest BCUT2D eigenvalue weighted by Gasteiger charge is 2.00. The predicted molar refractivity (Wildman–Crippen MR) is 74.1 cm³/mol. The van der Waals surface area contributed by atoms with E-state index in [4.69, 9.17) is 9.47 Å². The van der Waals surface area contributed by atoms with Crippen LogP contribution in [0.5, 0.6) is 0 Å². The van der Waals surface area contributed by atoms with Crippen LogP contribution in [-0.2, 0) is 19.1 Å². The van der Waals surface area contributed by atoms with Gasteiger partial charge in [-0.05, 0) is 26.2 Å². The van der Waals surface area contributed by atoms with E-state index in [-0.39, 0.29) is 18.3 Å². The molecule has 0 aliphatic rings. The van der Waals surface area contributed by atoms with Crippen molar-refractivity contribution < 1.29 is 19.1 Å². The summed E-state index contributed by atoms with van der Waals surface area (Å²) in [5, 5.41) is 2.73. The molecule has 0 bridgehead atoms. The maximum Gasteiger partial charge on any atom is 0.246 e. The molecule has 5 nitrogen and oxygen atoms in total. The number of nitrogens with one attached hydrogen (secondary N) is 1. The van der Waals surface area contributed by atoms with Crippen LogP contribution in [0, 0.1) is 0 Å². The summed E-state index contributed by atoms with van der Waals surface area (Å²) in [6.07, 6.45) is 4.42. The molecule has 112 valence electrons. The lowest BCUT2D eigenvalue weighted by atomic mass is 10.2. The Bertz CT molecular complexity index is 244. The SMILES string of the molecule is CCCCOCC(=O)NCCOCCCCC(C)=O. The molecule has 0 aromatic carbocycles. The summed E-state index contributed by atoms with van der Waals surface area (Å²) >= 11 is 0. The van der Waals surface area contributed by atoms with E-state index in [1.54, 1.807) is 6.92 Å². The van der Waals surface area contributed by atoms with Crippen molar-refractivity contribution in [1.29, 1.82) is 0 Å². The summed E-state index contributed by atoms with van der Waals surface area (Å²) in [6, 6.07) is 0. The Labute approximate surface area is 116 Å². The van der Waals surface area contributed by atoms with Crippen molar-refractivity contribution in [2.45, 2.75) is 46.0 Å². The quantitative estimate of drug-likeness (QED) is 0.519. The Morgan fingerprint density at radius 3 is 2.42 bits per heavy atom. The molecule has 0 aromatic rings. The molecule has 0 saturated carbocycles. The molecule has 0 aliphatic carbocycles. The smallest absolute Gasteiger partial charge is 0.246 e. The van der Waals surface area contributed by atoms with Crippen LogP contribution >= 0.6 is 0 Å². The number of carbonyl (C=O) groups is 2. The van der Waals surface area contributed by atoms with E-state index in [2.05, 4.69) is 12.2 Å². The van der Waals surface area contributed by atoms with E-state index < -0.39 is 0 Å². The van der Waals surface area contributed by atoms with Crippen LogP contribution in [0.15, 0.2) is 0 Å². The van der Waals surface area contributed by atoms with Crippen molar-refractivity contribution in [2.24, 2.45) is 0 Å². The fourth-order valence-electron chi connectivity index (χ4n) is 1.41. The molecule has 0 heterocycles. The van der Waals surface area contributed by atoms with Gasteiger partial charge in [0, 0.05) is 26.2 Å². The number of hydrogen-bond donors (Lipinski definition) is 1. The Hall–Kier alpha value is -0.940. The minimum absolute atomic E-state index is 0.101. The van der Waals surface area contributed by atoms with Gasteiger partial charge >= 0.3 is 0 Å². The van der Waals surface area contributed by atoms with Gasteiger partial charge in [0.1, 0.15) is 12.4 Å². The lowest BCUT2D eigenvalue weighted by molar-refractivity contribution is -0.126. The van der Waals surface area contributed by atoms with E-state index in [1.807, 2.05) is 0 Å². The van der Waals surface area contributed by atoms with Gasteiger partial charge < -0.3 is 19.6 Å². The monoisotopic (exact) mass is 273 g/mol. The molecule has 0 unspecified atom stereocenters. The van der Waals surface area contributed by atoms with Gasteiger partial charge in [0.25, 0.3) is 0 Å². The second kappa shape index (κ2) is 13.5. The van der Waals surface area contributed by atoms with Gasteiger partial charge in [-0.2, -0.15) is 0 Å². The summed E-state index contributed by atoms with van der Waals surface area (Å²) in [5.41, 5.74) is 0. The number of ketones is 1. The van der Waals surface area contributed by atoms with E-state index in [1.165, 1.54) is 0 Å². The Morgan fingerprint density at radius 2 is 1.74 bits per heavy atom. The zero-order valence-electron chi connectivity index (χ0n) is 12.2. The van der Waals surface area contributed by atoms with Crippen molar-refractivity contribution in [3.05, 3.63) is 0 Å². The summed E-state index contributed by atoms with van der Waals surface area (Å²) in [6.45, 7) is 6.07. The topological polar surface area (TPSA) is 64.6 Å². The molecule has 19 heavy (non-hydrogen) atoms. The minimum Gasteiger partial charge on any atom is -0.380 e. The molecule has 1 N–H and O–H groups in total. The lowest BCUT2D eigenvalue weighted by Gasteiger charge is -2.07. The fourth-order valence-corrected chi connectivity index (χ4v) is 1.41. The minimum atomic E-state index is -0.101. The van der Waals surface area contributed by atoms with Crippen molar-refractivity contribution in [3.8, 4) is 0 Å². The van der Waals surface area contributed by atoms with E-state index >= 15 is 0 Å². The highest BCUT2D eigenvalue weighted by Crippen LogP contribution is 1.96. The highest BCUT2D eigenvalue weighted by molar-refractivity contribution is 5.77. The number of hydrogen-bond acceptors (Lipinski definition) is 4. The number of amides is 1. The summed E-state index contributed by atoms with van der Waals surface area (Å²) in [5.74, 6) is 0.117. The average molecular weight is 273 g/mol. The first-order valence-corrected chi connectivity index (χ1v) is 7.08. The third kappa shape index (κ3) is 15.0. The normalized spacial score (nSPS) is 10.4. The first-order chi connectivity index (χ1) is 9.16. The van der Waals surface area contributed by atoms with Crippen LogP contribution in [0.2, 0.25) is 0 Å². The average Bonchev–Trinajstić information content (AvgIpc) is 2.37. The number of unbranched alkanes of at least 4 members (excludes halogenated alkanes) is 2. The summed E-state index contributed by atoms with van der Waals surface area (Å²) in [4.78, 5) is 22.0. The van der Waals surface area contributed by atoms with Gasteiger partial charge in [-0.3, -0.25) is 4.79 Å². The van der Waals surface area contributed by atoms with Gasteiger partial charge in [0.05, 0.1) is 6.61 Å². The molecule has 0 saturated heterocycles. The molecule has 0 radical (unpaired) electrons. The van der Waals surface area contributed by atoms with Gasteiger partial charge in [0.2, 0.25) is 5.91 Å². The van der Waals surface area contributed by atoms with Gasteiger partial charge in [-0.15, -0.1) is 0 Å². The zero-order valence-corrected chi connectivity index (χ0v) is 12.2. The molecule has 0 aromatic heterocycles. The molecule has 0 aliphatic heterocycles. The molecule has 0 rings (SSSR count). The standard InChI is InChI=1S/C14H27NO4/c1-3-4-9-19-12-14(17)15-8-11-18-10-6-5-7-13(2)16/h3-12H2,1-2H3,(H,15,17). The number of carbonyl (C=O) groups excluding carboxylic acids is 2. The zero-order chi connectivity index (χ0) is 14.3. The van der Waals surface area contributed by atoms with Crippen LogP contribution < -0.4 is 5.32 Å². The maximum absolute atomic E-state index is 11.3. The van der Waals surface area contributed by atoms with Crippen molar-refractivity contribution in [2.75, 3.05) is 33.0 Å². The Balaban J connectivity index is 3.16. The molecular formula is C14H27NO4. The fraction of sp³-hybridized carbons (Fsp3) is 0.857. The van der Waals surface area contributed by atoms with E-state index in [9.17, 15) is 9.59 Å². The second-order valence-corrected chi connectivity index (χ2v) is 4.53. The van der Waals surface area contributed by atoms with Gasteiger partial charge in [-0.25, -0.2) is 0 Å². The third-order valence-electron chi connectivity index (χ3n) is 2.51. The molecular weight excluding hydrogens is 246 g/mol. The number of Topliss-reactive ketones (excluding diaryl/α,β-unsaturated/α-hetero) is 1. The first kappa shape index (κ1) is 18.1. The second-order valence-electron chi connectivity index (χ2n) is 4.53. The predicted octanol–water partition coefficient (Wildman–Crippen LogP) is 1.70. The van der Waals surface area contributed by atoms with Gasteiger partial charge in [-0.1, -0.05) is 13.3 Å². The Kier molecular flexibility index (Phi) is 12.8. The van der Waals surface area contributed by atoms with Crippen LogP contribution in [0.25, 0.3) is 0 Å². The largest absolute Gasteiger partial charge is 0.380 e. The molecule has 5 heteroatoms.